The molecule has 0 aliphatic carbocycles. The maximum atomic E-state index is 12.3. The van der Waals surface area contributed by atoms with Crippen LogP contribution in [0.5, 0.6) is 0 Å². The molecule has 0 unspecified atom stereocenters. The maximum absolute atomic E-state index is 12.3. The van der Waals surface area contributed by atoms with Crippen molar-refractivity contribution in [2.45, 2.75) is 46.1 Å². The number of carbonyl (C=O) groups is 2. The second kappa shape index (κ2) is 7.40. The molecular formula is C17H26N2O3. The van der Waals surface area contributed by atoms with Crippen LogP contribution in [0, 0.1) is 5.92 Å². The van der Waals surface area contributed by atoms with Crippen LogP contribution in [0.25, 0.3) is 0 Å². The lowest BCUT2D eigenvalue weighted by atomic mass is 9.86. The molecule has 1 aromatic carbocycles. The molecule has 0 aliphatic heterocycles. The molecule has 1 aromatic rings. The number of hydroxylamine groups is 1. The van der Waals surface area contributed by atoms with Gasteiger partial charge in [-0.2, -0.15) is 0 Å². The van der Waals surface area contributed by atoms with Crippen LogP contribution in [0.2, 0.25) is 0 Å². The SMILES string of the molecule is CONC(=O)[C@@H](NC(=O)c1ccc(C(C)(C)C)cc1)C(C)C. The molecule has 0 fully saturated rings. The van der Waals surface area contributed by atoms with Gasteiger partial charge in [-0.1, -0.05) is 46.8 Å². The molecule has 1 rings (SSSR count). The van der Waals surface area contributed by atoms with Gasteiger partial charge in [0.25, 0.3) is 11.8 Å². The number of rotatable bonds is 5. The predicted octanol–water partition coefficient (Wildman–Crippen LogP) is 2.42. The molecule has 0 spiro atoms. The number of nitrogens with one attached hydrogen (secondary N) is 2. The second-order valence-corrected chi connectivity index (χ2v) is 6.69. The van der Waals surface area contributed by atoms with E-state index >= 15 is 0 Å². The third kappa shape index (κ3) is 4.84. The Bertz CT molecular complexity index is 516. The molecule has 0 heterocycles. The summed E-state index contributed by atoms with van der Waals surface area (Å²) >= 11 is 0. The van der Waals surface area contributed by atoms with Crippen LogP contribution in [0.4, 0.5) is 0 Å². The fraction of sp³-hybridized carbons (Fsp3) is 0.529. The standard InChI is InChI=1S/C17H26N2O3/c1-11(2)14(16(21)19-22-6)18-15(20)12-7-9-13(10-8-12)17(3,4)5/h7-11,14H,1-6H3,(H,18,20)(H,19,21)/t14-/m0/s1. The Labute approximate surface area is 132 Å². The zero-order valence-electron chi connectivity index (χ0n) is 14.2. The van der Waals surface area contributed by atoms with Crippen molar-refractivity contribution in [3.05, 3.63) is 35.4 Å². The molecule has 5 heteroatoms. The van der Waals surface area contributed by atoms with Gasteiger partial charge in [-0.15, -0.1) is 0 Å². The number of hydrogen-bond donors (Lipinski definition) is 2. The highest BCUT2D eigenvalue weighted by molar-refractivity contribution is 5.97. The predicted molar refractivity (Wildman–Crippen MR) is 86.4 cm³/mol. The average molecular weight is 306 g/mol. The quantitative estimate of drug-likeness (QED) is 0.821. The molecule has 2 amide bonds. The monoisotopic (exact) mass is 306 g/mol. The summed E-state index contributed by atoms with van der Waals surface area (Å²) in [5, 5.41) is 2.74. The van der Waals surface area contributed by atoms with Gasteiger partial charge in [-0.05, 0) is 29.0 Å². The summed E-state index contributed by atoms with van der Waals surface area (Å²) in [6.07, 6.45) is 0. The van der Waals surface area contributed by atoms with E-state index in [2.05, 4.69) is 36.4 Å². The fourth-order valence-corrected chi connectivity index (χ4v) is 2.05. The van der Waals surface area contributed by atoms with E-state index < -0.39 is 6.04 Å². The molecule has 0 aliphatic rings. The van der Waals surface area contributed by atoms with Crippen molar-refractivity contribution in [2.24, 2.45) is 5.92 Å². The topological polar surface area (TPSA) is 67.4 Å². The molecule has 1 atom stereocenters. The van der Waals surface area contributed by atoms with Crippen molar-refractivity contribution in [2.75, 3.05) is 7.11 Å². The number of amides is 2. The van der Waals surface area contributed by atoms with Crippen LogP contribution in [0.15, 0.2) is 24.3 Å². The molecular weight excluding hydrogens is 280 g/mol. The summed E-state index contributed by atoms with van der Waals surface area (Å²) < 4.78 is 0. The maximum Gasteiger partial charge on any atom is 0.266 e. The van der Waals surface area contributed by atoms with Crippen LogP contribution in [-0.2, 0) is 15.0 Å². The Kier molecular flexibility index (Phi) is 6.11. The minimum absolute atomic E-state index is 0.0355. The Hall–Kier alpha value is -1.88. The Morgan fingerprint density at radius 1 is 1.09 bits per heavy atom. The van der Waals surface area contributed by atoms with Crippen LogP contribution in [0.3, 0.4) is 0 Å². The minimum atomic E-state index is -0.644. The first kappa shape index (κ1) is 18.2. The van der Waals surface area contributed by atoms with Crippen molar-refractivity contribution < 1.29 is 14.4 Å². The summed E-state index contributed by atoms with van der Waals surface area (Å²) in [4.78, 5) is 28.8. The van der Waals surface area contributed by atoms with Gasteiger partial charge in [0.1, 0.15) is 6.04 Å². The third-order valence-corrected chi connectivity index (χ3v) is 3.45. The van der Waals surface area contributed by atoms with Gasteiger partial charge in [-0.3, -0.25) is 14.4 Å². The molecule has 122 valence electrons. The summed E-state index contributed by atoms with van der Waals surface area (Å²) in [6.45, 7) is 10.1. The zero-order valence-corrected chi connectivity index (χ0v) is 14.2. The summed E-state index contributed by atoms with van der Waals surface area (Å²) in [7, 11) is 1.36. The Morgan fingerprint density at radius 3 is 2.05 bits per heavy atom. The lowest BCUT2D eigenvalue weighted by molar-refractivity contribution is -0.134. The van der Waals surface area contributed by atoms with Crippen LogP contribution in [-0.4, -0.2) is 25.0 Å². The fourth-order valence-electron chi connectivity index (χ4n) is 2.05. The van der Waals surface area contributed by atoms with Gasteiger partial charge in [0.15, 0.2) is 0 Å². The summed E-state index contributed by atoms with van der Waals surface area (Å²) in [5.41, 5.74) is 3.98. The van der Waals surface area contributed by atoms with E-state index in [1.165, 1.54) is 7.11 Å². The Morgan fingerprint density at radius 2 is 1.64 bits per heavy atom. The molecule has 0 aromatic heterocycles. The first-order valence-corrected chi connectivity index (χ1v) is 7.41. The van der Waals surface area contributed by atoms with Crippen molar-refractivity contribution in [1.29, 1.82) is 0 Å². The molecule has 5 nitrogen and oxygen atoms in total. The van der Waals surface area contributed by atoms with E-state index in [0.717, 1.165) is 5.56 Å². The first-order chi connectivity index (χ1) is 10.2. The van der Waals surface area contributed by atoms with Crippen molar-refractivity contribution in [3.63, 3.8) is 0 Å². The van der Waals surface area contributed by atoms with Crippen LogP contribution in [0.1, 0.15) is 50.5 Å². The summed E-state index contributed by atoms with van der Waals surface area (Å²) in [5.74, 6) is -0.685. The van der Waals surface area contributed by atoms with E-state index in [1.54, 1.807) is 12.1 Å². The number of hydrogen-bond acceptors (Lipinski definition) is 3. The Balaban J connectivity index is 2.84. The molecule has 0 radical (unpaired) electrons. The van der Waals surface area contributed by atoms with Gasteiger partial charge >= 0.3 is 0 Å². The van der Waals surface area contributed by atoms with Crippen LogP contribution < -0.4 is 10.8 Å². The van der Waals surface area contributed by atoms with E-state index in [-0.39, 0.29) is 23.1 Å². The second-order valence-electron chi connectivity index (χ2n) is 6.69. The largest absolute Gasteiger partial charge is 0.340 e. The minimum Gasteiger partial charge on any atom is -0.340 e. The number of carbonyl (C=O) groups excluding carboxylic acids is 2. The lowest BCUT2D eigenvalue weighted by Gasteiger charge is -2.22. The molecule has 0 saturated heterocycles. The zero-order chi connectivity index (χ0) is 16.9. The smallest absolute Gasteiger partial charge is 0.266 e. The third-order valence-electron chi connectivity index (χ3n) is 3.45. The van der Waals surface area contributed by atoms with E-state index in [9.17, 15) is 9.59 Å². The van der Waals surface area contributed by atoms with Crippen LogP contribution >= 0.6 is 0 Å². The van der Waals surface area contributed by atoms with Gasteiger partial charge in [-0.25, -0.2) is 5.48 Å². The average Bonchev–Trinajstić information content (AvgIpc) is 2.43. The summed E-state index contributed by atoms with van der Waals surface area (Å²) in [6, 6.07) is 6.79. The highest BCUT2D eigenvalue weighted by atomic mass is 16.6. The molecule has 0 saturated carbocycles. The first-order valence-electron chi connectivity index (χ1n) is 7.41. The molecule has 2 N–H and O–H groups in total. The van der Waals surface area contributed by atoms with Crippen molar-refractivity contribution in [3.8, 4) is 0 Å². The van der Waals surface area contributed by atoms with Crippen molar-refractivity contribution >= 4 is 11.8 Å². The van der Waals surface area contributed by atoms with E-state index in [0.29, 0.717) is 5.56 Å². The number of benzene rings is 1. The van der Waals surface area contributed by atoms with Gasteiger partial charge in [0.2, 0.25) is 0 Å². The van der Waals surface area contributed by atoms with Crippen molar-refractivity contribution in [1.82, 2.24) is 10.8 Å². The van der Waals surface area contributed by atoms with Gasteiger partial charge in [0, 0.05) is 5.56 Å². The highest BCUT2D eigenvalue weighted by Crippen LogP contribution is 2.22. The van der Waals surface area contributed by atoms with Gasteiger partial charge in [0.05, 0.1) is 7.11 Å². The highest BCUT2D eigenvalue weighted by Gasteiger charge is 2.25. The van der Waals surface area contributed by atoms with Gasteiger partial charge < -0.3 is 5.32 Å². The molecule has 0 bridgehead atoms. The van der Waals surface area contributed by atoms with E-state index in [1.807, 2.05) is 26.0 Å². The normalized spacial score (nSPS) is 12.9. The lowest BCUT2D eigenvalue weighted by Crippen LogP contribution is -2.49. The molecule has 22 heavy (non-hydrogen) atoms. The van der Waals surface area contributed by atoms with E-state index in [4.69, 9.17) is 0 Å².